The summed E-state index contributed by atoms with van der Waals surface area (Å²) in [6.07, 6.45) is 2.35. The van der Waals surface area contributed by atoms with Crippen molar-refractivity contribution in [2.45, 2.75) is 18.9 Å². The SMILES string of the molecule is CNC[C@@H]1CCc2cccc(-c3ccccc3OC)c2O1.Cl. The van der Waals surface area contributed by atoms with Gasteiger partial charge in [-0.3, -0.25) is 0 Å². The topological polar surface area (TPSA) is 30.5 Å². The molecule has 1 aliphatic rings. The maximum Gasteiger partial charge on any atom is 0.130 e. The summed E-state index contributed by atoms with van der Waals surface area (Å²) >= 11 is 0. The largest absolute Gasteiger partial charge is 0.496 e. The van der Waals surface area contributed by atoms with Crippen LogP contribution in [0.25, 0.3) is 11.1 Å². The summed E-state index contributed by atoms with van der Waals surface area (Å²) in [4.78, 5) is 0. The van der Waals surface area contributed by atoms with Crippen LogP contribution in [0.1, 0.15) is 12.0 Å². The number of rotatable bonds is 4. The molecule has 1 N–H and O–H groups in total. The Balaban J connectivity index is 0.00000176. The van der Waals surface area contributed by atoms with Gasteiger partial charge in [-0.1, -0.05) is 36.4 Å². The van der Waals surface area contributed by atoms with E-state index in [2.05, 4.69) is 29.6 Å². The van der Waals surface area contributed by atoms with Crippen LogP contribution in [0.15, 0.2) is 42.5 Å². The maximum absolute atomic E-state index is 6.24. The molecule has 1 aliphatic heterocycles. The van der Waals surface area contributed by atoms with Crippen LogP contribution in [0.4, 0.5) is 0 Å². The van der Waals surface area contributed by atoms with Gasteiger partial charge in [-0.2, -0.15) is 0 Å². The number of halogens is 1. The first-order chi connectivity index (χ1) is 10.3. The van der Waals surface area contributed by atoms with Crippen molar-refractivity contribution in [3.05, 3.63) is 48.0 Å². The third-order valence-corrected chi connectivity index (χ3v) is 3.95. The van der Waals surface area contributed by atoms with Gasteiger partial charge in [-0.05, 0) is 31.5 Å². The predicted octanol–water partition coefficient (Wildman–Crippen LogP) is 3.70. The summed E-state index contributed by atoms with van der Waals surface area (Å²) in [6, 6.07) is 14.5. The first-order valence-corrected chi connectivity index (χ1v) is 7.40. The number of para-hydroxylation sites is 2. The molecule has 1 heterocycles. The van der Waals surface area contributed by atoms with E-state index in [-0.39, 0.29) is 18.5 Å². The number of nitrogens with one attached hydrogen (secondary N) is 1. The van der Waals surface area contributed by atoms with E-state index >= 15 is 0 Å². The molecule has 2 aromatic carbocycles. The molecule has 0 bridgehead atoms. The third kappa shape index (κ3) is 3.21. The molecule has 0 spiro atoms. The Labute approximate surface area is 138 Å². The summed E-state index contributed by atoms with van der Waals surface area (Å²) in [5, 5.41) is 3.20. The summed E-state index contributed by atoms with van der Waals surface area (Å²) in [5.41, 5.74) is 3.48. The molecule has 3 nitrogen and oxygen atoms in total. The molecule has 4 heteroatoms. The highest BCUT2D eigenvalue weighted by Gasteiger charge is 2.23. The molecule has 118 valence electrons. The molecule has 3 rings (SSSR count). The Morgan fingerprint density at radius 2 is 1.91 bits per heavy atom. The molecule has 2 aromatic rings. The van der Waals surface area contributed by atoms with Crippen molar-refractivity contribution in [1.82, 2.24) is 5.32 Å². The molecule has 0 fully saturated rings. The second-order valence-corrected chi connectivity index (χ2v) is 5.33. The average molecular weight is 320 g/mol. The van der Waals surface area contributed by atoms with E-state index in [1.807, 2.05) is 25.2 Å². The van der Waals surface area contributed by atoms with E-state index in [1.54, 1.807) is 7.11 Å². The minimum Gasteiger partial charge on any atom is -0.496 e. The van der Waals surface area contributed by atoms with E-state index in [1.165, 1.54) is 5.56 Å². The van der Waals surface area contributed by atoms with Crippen molar-refractivity contribution in [1.29, 1.82) is 0 Å². The van der Waals surface area contributed by atoms with Crippen LogP contribution in [0.2, 0.25) is 0 Å². The molecule has 0 amide bonds. The number of methoxy groups -OCH3 is 1. The van der Waals surface area contributed by atoms with Crippen molar-refractivity contribution >= 4 is 12.4 Å². The zero-order valence-corrected chi connectivity index (χ0v) is 13.8. The molecule has 0 unspecified atom stereocenters. The fourth-order valence-electron chi connectivity index (χ4n) is 2.91. The standard InChI is InChI=1S/C18H21NO2.ClH/c1-19-12-14-11-10-13-6-5-8-16(18(13)21-14)15-7-3-4-9-17(15)20-2;/h3-9,14,19H,10-12H2,1-2H3;1H/t14-;/m0./s1. The van der Waals surface area contributed by atoms with Gasteiger partial charge < -0.3 is 14.8 Å². The Hall–Kier alpha value is -1.71. The zero-order valence-electron chi connectivity index (χ0n) is 13.0. The van der Waals surface area contributed by atoms with E-state index in [0.717, 1.165) is 42.0 Å². The number of ether oxygens (including phenoxy) is 2. The van der Waals surface area contributed by atoms with Crippen molar-refractivity contribution in [3.63, 3.8) is 0 Å². The van der Waals surface area contributed by atoms with Crippen LogP contribution in [0.5, 0.6) is 11.5 Å². The number of hydrogen-bond acceptors (Lipinski definition) is 3. The van der Waals surface area contributed by atoms with Crippen LogP contribution < -0.4 is 14.8 Å². The van der Waals surface area contributed by atoms with Gasteiger partial charge in [0.2, 0.25) is 0 Å². The number of likely N-dealkylation sites (N-methyl/N-ethyl adjacent to an activating group) is 1. The molecule has 0 aliphatic carbocycles. The fraction of sp³-hybridized carbons (Fsp3) is 0.333. The van der Waals surface area contributed by atoms with Gasteiger partial charge in [-0.15, -0.1) is 12.4 Å². The molecular formula is C18H22ClNO2. The van der Waals surface area contributed by atoms with Crippen molar-refractivity contribution in [3.8, 4) is 22.6 Å². The van der Waals surface area contributed by atoms with Gasteiger partial charge in [0.15, 0.2) is 0 Å². The zero-order chi connectivity index (χ0) is 14.7. The smallest absolute Gasteiger partial charge is 0.130 e. The Morgan fingerprint density at radius 3 is 2.68 bits per heavy atom. The highest BCUT2D eigenvalue weighted by molar-refractivity contribution is 5.85. The lowest BCUT2D eigenvalue weighted by molar-refractivity contribution is 0.174. The first-order valence-electron chi connectivity index (χ1n) is 7.40. The van der Waals surface area contributed by atoms with E-state index in [0.29, 0.717) is 0 Å². The summed E-state index contributed by atoms with van der Waals surface area (Å²) in [7, 11) is 3.67. The van der Waals surface area contributed by atoms with Gasteiger partial charge in [-0.25, -0.2) is 0 Å². The van der Waals surface area contributed by atoms with Gasteiger partial charge in [0.1, 0.15) is 17.6 Å². The lowest BCUT2D eigenvalue weighted by Crippen LogP contribution is -2.32. The minimum atomic E-state index is 0. The van der Waals surface area contributed by atoms with Crippen molar-refractivity contribution in [2.75, 3.05) is 20.7 Å². The van der Waals surface area contributed by atoms with E-state index in [4.69, 9.17) is 9.47 Å². The molecule has 0 aromatic heterocycles. The van der Waals surface area contributed by atoms with Gasteiger partial charge in [0.05, 0.1) is 7.11 Å². The van der Waals surface area contributed by atoms with Crippen LogP contribution in [0.3, 0.4) is 0 Å². The second kappa shape index (κ2) is 7.52. The number of aryl methyl sites for hydroxylation is 1. The molecule has 0 radical (unpaired) electrons. The van der Waals surface area contributed by atoms with Gasteiger partial charge in [0.25, 0.3) is 0 Å². The highest BCUT2D eigenvalue weighted by Crippen LogP contribution is 2.41. The fourth-order valence-corrected chi connectivity index (χ4v) is 2.91. The van der Waals surface area contributed by atoms with Gasteiger partial charge in [0, 0.05) is 17.7 Å². The van der Waals surface area contributed by atoms with Crippen LogP contribution in [-0.4, -0.2) is 26.8 Å². The minimum absolute atomic E-state index is 0. The lowest BCUT2D eigenvalue weighted by Gasteiger charge is -2.28. The maximum atomic E-state index is 6.24. The number of hydrogen-bond donors (Lipinski definition) is 1. The monoisotopic (exact) mass is 319 g/mol. The first kappa shape index (κ1) is 16.7. The number of benzene rings is 2. The number of fused-ring (bicyclic) bond motifs is 1. The summed E-state index contributed by atoms with van der Waals surface area (Å²) < 4.78 is 11.7. The molecule has 0 saturated heterocycles. The Bertz CT molecular complexity index is 630. The second-order valence-electron chi connectivity index (χ2n) is 5.33. The Morgan fingerprint density at radius 1 is 1.14 bits per heavy atom. The van der Waals surface area contributed by atoms with Crippen molar-refractivity contribution in [2.24, 2.45) is 0 Å². The van der Waals surface area contributed by atoms with Crippen molar-refractivity contribution < 1.29 is 9.47 Å². The summed E-state index contributed by atoms with van der Waals surface area (Å²) in [5.74, 6) is 1.89. The molecule has 22 heavy (non-hydrogen) atoms. The molecule has 0 saturated carbocycles. The van der Waals surface area contributed by atoms with Gasteiger partial charge >= 0.3 is 0 Å². The third-order valence-electron chi connectivity index (χ3n) is 3.95. The normalized spacial score (nSPS) is 16.2. The predicted molar refractivity (Wildman–Crippen MR) is 92.3 cm³/mol. The average Bonchev–Trinajstić information content (AvgIpc) is 2.54. The quantitative estimate of drug-likeness (QED) is 0.932. The molecule has 1 atom stereocenters. The highest BCUT2D eigenvalue weighted by atomic mass is 35.5. The van der Waals surface area contributed by atoms with E-state index in [9.17, 15) is 0 Å². The van der Waals surface area contributed by atoms with Crippen LogP contribution in [-0.2, 0) is 6.42 Å². The lowest BCUT2D eigenvalue weighted by atomic mass is 9.95. The molecular weight excluding hydrogens is 298 g/mol. The van der Waals surface area contributed by atoms with Crippen LogP contribution >= 0.6 is 12.4 Å². The Kier molecular flexibility index (Phi) is 5.69. The van der Waals surface area contributed by atoms with E-state index < -0.39 is 0 Å². The van der Waals surface area contributed by atoms with Crippen LogP contribution in [0, 0.1) is 0 Å². The summed E-state index contributed by atoms with van der Waals surface area (Å²) in [6.45, 7) is 0.875.